The number of amides is 2. The molecule has 11 heteroatoms. The van der Waals surface area contributed by atoms with Gasteiger partial charge in [0.2, 0.25) is 11.8 Å². The predicted molar refractivity (Wildman–Crippen MR) is 155 cm³/mol. The van der Waals surface area contributed by atoms with Crippen molar-refractivity contribution in [3.8, 4) is 0 Å². The standard InChI is InChI=1S/C30H27ClF2N3O4P/c1-18(37)24-16-35(26-13-22(10-11-23(24)26)41(40)21-7-3-2-4-8-21)17-28(38)36-15-20(32)12-27(36)30(39)34-14-19-6-5-9-25(31)29(19)33/h2-11,13,16,20,27,41H,12,14-15,17H2,1H3,(H,34,39)/t20-,27+/m1/s1. The van der Waals surface area contributed by atoms with E-state index in [2.05, 4.69) is 5.32 Å². The molecule has 5 rings (SSSR count). The van der Waals surface area contributed by atoms with E-state index in [-0.39, 0.29) is 42.4 Å². The van der Waals surface area contributed by atoms with E-state index < -0.39 is 37.6 Å². The Labute approximate surface area is 240 Å². The maximum atomic E-state index is 14.5. The number of Topliss-reactive ketones (excluding diaryl/α,β-unsaturated/α-hetero) is 1. The van der Waals surface area contributed by atoms with Crippen molar-refractivity contribution in [1.82, 2.24) is 14.8 Å². The molecule has 1 unspecified atom stereocenters. The summed E-state index contributed by atoms with van der Waals surface area (Å²) >= 11 is 5.81. The van der Waals surface area contributed by atoms with Crippen molar-refractivity contribution < 1.29 is 27.7 Å². The van der Waals surface area contributed by atoms with Gasteiger partial charge in [-0.1, -0.05) is 66.2 Å². The molecule has 1 saturated heterocycles. The zero-order valence-electron chi connectivity index (χ0n) is 22.1. The van der Waals surface area contributed by atoms with Gasteiger partial charge in [-0.2, -0.15) is 0 Å². The minimum Gasteiger partial charge on any atom is -0.350 e. The third kappa shape index (κ3) is 5.97. The minimum absolute atomic E-state index is 0.0840. The van der Waals surface area contributed by atoms with Crippen LogP contribution in [-0.2, 0) is 27.2 Å². The number of nitrogens with zero attached hydrogens (tertiary/aromatic N) is 2. The third-order valence-corrected chi connectivity index (χ3v) is 9.21. The smallest absolute Gasteiger partial charge is 0.243 e. The highest BCUT2D eigenvalue weighted by molar-refractivity contribution is 7.61. The van der Waals surface area contributed by atoms with Crippen LogP contribution in [0.5, 0.6) is 0 Å². The molecule has 212 valence electrons. The van der Waals surface area contributed by atoms with Crippen LogP contribution in [0.3, 0.4) is 0 Å². The number of benzene rings is 3. The molecule has 3 aromatic carbocycles. The number of nitrogens with one attached hydrogen (secondary N) is 1. The van der Waals surface area contributed by atoms with Crippen molar-refractivity contribution in [2.75, 3.05) is 6.54 Å². The highest BCUT2D eigenvalue weighted by Gasteiger charge is 2.39. The molecule has 0 saturated carbocycles. The van der Waals surface area contributed by atoms with Gasteiger partial charge >= 0.3 is 0 Å². The number of hydrogen-bond acceptors (Lipinski definition) is 4. The predicted octanol–water partition coefficient (Wildman–Crippen LogP) is 4.40. The summed E-state index contributed by atoms with van der Waals surface area (Å²) in [5, 5.41) is 4.33. The fourth-order valence-corrected chi connectivity index (χ4v) is 6.66. The van der Waals surface area contributed by atoms with E-state index in [1.54, 1.807) is 59.3 Å². The van der Waals surface area contributed by atoms with Crippen LogP contribution in [0.2, 0.25) is 5.02 Å². The Bertz CT molecular complexity index is 1680. The number of ketones is 1. The average Bonchev–Trinajstić information content (AvgIpc) is 3.54. The maximum Gasteiger partial charge on any atom is 0.243 e. The molecule has 0 bridgehead atoms. The van der Waals surface area contributed by atoms with Crippen molar-refractivity contribution in [2.24, 2.45) is 0 Å². The molecule has 3 atom stereocenters. The molecule has 1 aliphatic heterocycles. The molecular formula is C30H27ClF2N3O4P. The number of alkyl halides is 1. The molecule has 41 heavy (non-hydrogen) atoms. The van der Waals surface area contributed by atoms with Gasteiger partial charge in [0, 0.05) is 51.8 Å². The summed E-state index contributed by atoms with van der Waals surface area (Å²) in [5.74, 6) is -2.00. The lowest BCUT2D eigenvalue weighted by Crippen LogP contribution is -2.46. The molecule has 4 aromatic rings. The number of fused-ring (bicyclic) bond motifs is 1. The van der Waals surface area contributed by atoms with Crippen LogP contribution in [0, 0.1) is 5.82 Å². The minimum atomic E-state index is -2.35. The van der Waals surface area contributed by atoms with Gasteiger partial charge in [0.25, 0.3) is 0 Å². The molecule has 0 aliphatic carbocycles. The van der Waals surface area contributed by atoms with Crippen LogP contribution >= 0.6 is 19.4 Å². The Kier molecular flexibility index (Phi) is 8.38. The Hall–Kier alpha value is -3.81. The van der Waals surface area contributed by atoms with Crippen LogP contribution < -0.4 is 15.9 Å². The summed E-state index contributed by atoms with van der Waals surface area (Å²) in [6.07, 6.45) is -0.0481. The van der Waals surface area contributed by atoms with Gasteiger partial charge in [-0.15, -0.1) is 0 Å². The first kappa shape index (κ1) is 28.7. The zero-order valence-corrected chi connectivity index (χ0v) is 23.8. The Morgan fingerprint density at radius 2 is 1.80 bits per heavy atom. The molecule has 1 fully saturated rings. The Morgan fingerprint density at radius 3 is 2.54 bits per heavy atom. The monoisotopic (exact) mass is 597 g/mol. The first-order chi connectivity index (χ1) is 19.6. The summed E-state index contributed by atoms with van der Waals surface area (Å²) in [6, 6.07) is 17.5. The van der Waals surface area contributed by atoms with E-state index in [0.717, 1.165) is 0 Å². The topological polar surface area (TPSA) is 88.5 Å². The lowest BCUT2D eigenvalue weighted by atomic mass is 10.1. The SMILES string of the molecule is CC(=O)c1cn(CC(=O)N2C[C@H](F)C[C@H]2C(=O)NCc2cccc(Cl)c2F)c2cc([PH](=O)c3ccccc3)ccc12. The largest absolute Gasteiger partial charge is 0.350 e. The van der Waals surface area contributed by atoms with Crippen LogP contribution in [0.15, 0.2) is 72.9 Å². The second-order valence-corrected chi connectivity index (χ2v) is 12.2. The van der Waals surface area contributed by atoms with E-state index in [9.17, 15) is 27.7 Å². The number of halogens is 3. The maximum absolute atomic E-state index is 14.5. The van der Waals surface area contributed by atoms with Gasteiger partial charge < -0.3 is 19.3 Å². The van der Waals surface area contributed by atoms with E-state index >= 15 is 0 Å². The normalized spacial score (nSPS) is 17.5. The van der Waals surface area contributed by atoms with Gasteiger partial charge in [0.1, 0.15) is 32.4 Å². The molecular weight excluding hydrogens is 571 g/mol. The second-order valence-electron chi connectivity index (χ2n) is 9.98. The van der Waals surface area contributed by atoms with Crippen LogP contribution in [-0.4, -0.2) is 45.8 Å². The quantitative estimate of drug-likeness (QED) is 0.241. The summed E-state index contributed by atoms with van der Waals surface area (Å²) < 4.78 is 43.6. The second kappa shape index (κ2) is 12.0. The molecule has 2 heterocycles. The zero-order chi connectivity index (χ0) is 29.3. The number of hydrogen-bond donors (Lipinski definition) is 1. The van der Waals surface area contributed by atoms with Crippen molar-refractivity contribution in [3.05, 3.63) is 94.9 Å². The van der Waals surface area contributed by atoms with Gasteiger partial charge in [-0.25, -0.2) is 8.78 Å². The van der Waals surface area contributed by atoms with Gasteiger partial charge in [-0.05, 0) is 19.1 Å². The number of carbonyl (C=O) groups is 3. The first-order valence-corrected chi connectivity index (χ1v) is 14.8. The molecule has 0 radical (unpaired) electrons. The van der Waals surface area contributed by atoms with Crippen molar-refractivity contribution >= 4 is 58.5 Å². The fourth-order valence-electron chi connectivity index (χ4n) is 5.13. The van der Waals surface area contributed by atoms with Crippen LogP contribution in [0.4, 0.5) is 8.78 Å². The van der Waals surface area contributed by atoms with Crippen LogP contribution in [0.1, 0.15) is 29.3 Å². The average molecular weight is 598 g/mol. The lowest BCUT2D eigenvalue weighted by Gasteiger charge is -2.24. The molecule has 1 N–H and O–H groups in total. The van der Waals surface area contributed by atoms with Gasteiger partial charge in [0.05, 0.1) is 11.6 Å². The number of aromatic nitrogens is 1. The lowest BCUT2D eigenvalue weighted by molar-refractivity contribution is -0.139. The summed E-state index contributed by atoms with van der Waals surface area (Å²) in [6.45, 7) is 0.709. The molecule has 1 aliphatic rings. The summed E-state index contributed by atoms with van der Waals surface area (Å²) in [7, 11) is -2.35. The van der Waals surface area contributed by atoms with Crippen LogP contribution in [0.25, 0.3) is 10.9 Å². The molecule has 7 nitrogen and oxygen atoms in total. The van der Waals surface area contributed by atoms with Crippen molar-refractivity contribution in [2.45, 2.75) is 38.6 Å². The molecule has 1 aromatic heterocycles. The summed E-state index contributed by atoms with van der Waals surface area (Å²) in [5.41, 5.74) is 1.09. The fraction of sp³-hybridized carbons (Fsp3) is 0.233. The van der Waals surface area contributed by atoms with Gasteiger partial charge in [0.15, 0.2) is 5.78 Å². The van der Waals surface area contributed by atoms with Gasteiger partial charge in [-0.3, -0.25) is 14.4 Å². The van der Waals surface area contributed by atoms with E-state index in [0.29, 0.717) is 27.1 Å². The number of rotatable bonds is 8. The molecule has 0 spiro atoms. The van der Waals surface area contributed by atoms with E-state index in [1.807, 2.05) is 6.07 Å². The molecule has 2 amide bonds. The highest BCUT2D eigenvalue weighted by atomic mass is 35.5. The third-order valence-electron chi connectivity index (χ3n) is 7.22. The Balaban J connectivity index is 1.39. The Morgan fingerprint density at radius 1 is 1.05 bits per heavy atom. The number of likely N-dealkylation sites (tertiary alicyclic amines) is 1. The van der Waals surface area contributed by atoms with Crippen molar-refractivity contribution in [3.63, 3.8) is 0 Å². The van der Waals surface area contributed by atoms with E-state index in [1.165, 1.54) is 24.0 Å². The van der Waals surface area contributed by atoms with Crippen molar-refractivity contribution in [1.29, 1.82) is 0 Å². The first-order valence-electron chi connectivity index (χ1n) is 13.0. The summed E-state index contributed by atoms with van der Waals surface area (Å²) in [4.78, 5) is 40.0. The number of carbonyl (C=O) groups excluding carboxylic acids is 3. The highest BCUT2D eigenvalue weighted by Crippen LogP contribution is 2.28. The van der Waals surface area contributed by atoms with E-state index in [4.69, 9.17) is 11.6 Å².